The van der Waals surface area contributed by atoms with Crippen LogP contribution in [0.4, 0.5) is 0 Å². The number of aryl methyl sites for hydroxylation is 1. The number of hydrogen-bond acceptors (Lipinski definition) is 3. The molecule has 16 heavy (non-hydrogen) atoms. The van der Waals surface area contributed by atoms with Crippen molar-refractivity contribution in [3.8, 4) is 10.6 Å². The maximum Gasteiger partial charge on any atom is 0.133 e. The number of hydrogen-bond donors (Lipinski definition) is 0. The maximum absolute atomic E-state index is 4.65. The van der Waals surface area contributed by atoms with E-state index in [1.165, 1.54) is 22.6 Å². The number of nitrogens with zero attached hydrogens (tertiary/aromatic N) is 2. The molecule has 2 aromatic rings. The highest BCUT2D eigenvalue weighted by molar-refractivity contribution is 9.10. The van der Waals surface area contributed by atoms with Gasteiger partial charge in [-0.2, -0.15) is 0 Å². The molecule has 2 aromatic heterocycles. The lowest BCUT2D eigenvalue weighted by molar-refractivity contribution is 0.920. The van der Waals surface area contributed by atoms with Gasteiger partial charge >= 0.3 is 0 Å². The highest BCUT2D eigenvalue weighted by Gasteiger charge is 2.27. The topological polar surface area (TPSA) is 25.8 Å². The number of thiophene rings is 1. The second-order valence-corrected chi connectivity index (χ2v) is 6.22. The highest BCUT2D eigenvalue weighted by atomic mass is 79.9. The minimum Gasteiger partial charge on any atom is -0.232 e. The standard InChI is InChI=1S/C12H11BrN2S/c1-7-2-5-10(16-7)9-6-11(13)15-12(14-9)8-3-4-8/h2,5-6,8H,3-4H2,1H3. The van der Waals surface area contributed by atoms with Crippen LogP contribution in [0.15, 0.2) is 22.8 Å². The third kappa shape index (κ3) is 2.04. The molecule has 0 atom stereocenters. The van der Waals surface area contributed by atoms with Crippen LogP contribution in [-0.2, 0) is 0 Å². The van der Waals surface area contributed by atoms with Crippen molar-refractivity contribution in [2.45, 2.75) is 25.7 Å². The second kappa shape index (κ2) is 3.93. The molecular formula is C12H11BrN2S. The van der Waals surface area contributed by atoms with E-state index in [4.69, 9.17) is 0 Å². The molecule has 0 bridgehead atoms. The molecule has 0 N–H and O–H groups in total. The van der Waals surface area contributed by atoms with E-state index in [0.717, 1.165) is 16.1 Å². The Hall–Kier alpha value is -0.740. The minimum absolute atomic E-state index is 0.595. The lowest BCUT2D eigenvalue weighted by atomic mass is 10.3. The molecule has 0 saturated heterocycles. The lowest BCUT2D eigenvalue weighted by Crippen LogP contribution is -1.94. The summed E-state index contributed by atoms with van der Waals surface area (Å²) in [6, 6.07) is 6.26. The summed E-state index contributed by atoms with van der Waals surface area (Å²) in [5.74, 6) is 1.59. The van der Waals surface area contributed by atoms with Crippen LogP contribution in [0.25, 0.3) is 10.6 Å². The van der Waals surface area contributed by atoms with Gasteiger partial charge in [0.25, 0.3) is 0 Å². The third-order valence-electron chi connectivity index (χ3n) is 2.65. The zero-order valence-electron chi connectivity index (χ0n) is 8.90. The van der Waals surface area contributed by atoms with E-state index >= 15 is 0 Å². The van der Waals surface area contributed by atoms with E-state index < -0.39 is 0 Å². The minimum atomic E-state index is 0.595. The Morgan fingerprint density at radius 3 is 2.75 bits per heavy atom. The molecule has 1 aliphatic carbocycles. The average Bonchev–Trinajstić information content (AvgIpc) is 3.01. The summed E-state index contributed by atoms with van der Waals surface area (Å²) in [4.78, 5) is 11.6. The lowest BCUT2D eigenvalue weighted by Gasteiger charge is -2.02. The van der Waals surface area contributed by atoms with Crippen LogP contribution < -0.4 is 0 Å². The molecule has 82 valence electrons. The molecule has 1 saturated carbocycles. The quantitative estimate of drug-likeness (QED) is 0.778. The summed E-state index contributed by atoms with van der Waals surface area (Å²) in [7, 11) is 0. The van der Waals surface area contributed by atoms with E-state index in [2.05, 4.69) is 45.0 Å². The van der Waals surface area contributed by atoms with Crippen molar-refractivity contribution in [3.05, 3.63) is 33.5 Å². The molecule has 0 aromatic carbocycles. The Bertz CT molecular complexity index is 532. The second-order valence-electron chi connectivity index (χ2n) is 4.12. The third-order valence-corrected chi connectivity index (χ3v) is 4.08. The Balaban J connectivity index is 2.06. The molecule has 3 rings (SSSR count). The monoisotopic (exact) mass is 294 g/mol. The predicted octanol–water partition coefficient (Wildman–Crippen LogP) is 4.15. The van der Waals surface area contributed by atoms with Crippen LogP contribution in [-0.4, -0.2) is 9.97 Å². The maximum atomic E-state index is 4.65. The molecule has 2 nitrogen and oxygen atoms in total. The van der Waals surface area contributed by atoms with Crippen molar-refractivity contribution >= 4 is 27.3 Å². The molecule has 0 aliphatic heterocycles. The van der Waals surface area contributed by atoms with Crippen LogP contribution >= 0.6 is 27.3 Å². The van der Waals surface area contributed by atoms with Crippen molar-refractivity contribution in [2.24, 2.45) is 0 Å². The van der Waals surface area contributed by atoms with Gasteiger partial charge in [-0.15, -0.1) is 11.3 Å². The van der Waals surface area contributed by atoms with Crippen molar-refractivity contribution < 1.29 is 0 Å². The molecule has 0 spiro atoms. The van der Waals surface area contributed by atoms with Gasteiger partial charge in [-0.1, -0.05) is 0 Å². The van der Waals surface area contributed by atoms with Gasteiger partial charge in [0.1, 0.15) is 10.4 Å². The average molecular weight is 295 g/mol. The highest BCUT2D eigenvalue weighted by Crippen LogP contribution is 2.39. The molecule has 0 unspecified atom stereocenters. The normalized spacial score (nSPS) is 15.4. The molecule has 0 radical (unpaired) electrons. The van der Waals surface area contributed by atoms with Crippen molar-refractivity contribution in [3.63, 3.8) is 0 Å². The SMILES string of the molecule is Cc1ccc(-c2cc(Br)nc(C3CC3)n2)s1. The largest absolute Gasteiger partial charge is 0.232 e. The van der Waals surface area contributed by atoms with Gasteiger partial charge < -0.3 is 0 Å². The van der Waals surface area contributed by atoms with Gasteiger partial charge in [-0.25, -0.2) is 9.97 Å². The summed E-state index contributed by atoms with van der Waals surface area (Å²) in [5, 5.41) is 0. The van der Waals surface area contributed by atoms with Crippen LogP contribution in [0.3, 0.4) is 0 Å². The Morgan fingerprint density at radius 2 is 2.12 bits per heavy atom. The van der Waals surface area contributed by atoms with Gasteiger partial charge in [-0.3, -0.25) is 0 Å². The molecule has 1 fully saturated rings. The fourth-order valence-electron chi connectivity index (χ4n) is 1.66. The smallest absolute Gasteiger partial charge is 0.133 e. The fourth-order valence-corrected chi connectivity index (χ4v) is 2.88. The van der Waals surface area contributed by atoms with Crippen LogP contribution in [0.2, 0.25) is 0 Å². The Morgan fingerprint density at radius 1 is 1.31 bits per heavy atom. The van der Waals surface area contributed by atoms with Gasteiger partial charge in [0.05, 0.1) is 10.6 Å². The summed E-state index contributed by atoms with van der Waals surface area (Å²) in [6.07, 6.45) is 2.47. The Kier molecular flexibility index (Phi) is 2.56. The van der Waals surface area contributed by atoms with Crippen molar-refractivity contribution in [1.82, 2.24) is 9.97 Å². The first-order valence-corrected chi connectivity index (χ1v) is 6.94. The summed E-state index contributed by atoms with van der Waals surface area (Å²) < 4.78 is 0.894. The zero-order valence-corrected chi connectivity index (χ0v) is 11.3. The van der Waals surface area contributed by atoms with E-state index in [9.17, 15) is 0 Å². The van der Waals surface area contributed by atoms with Crippen molar-refractivity contribution in [2.75, 3.05) is 0 Å². The van der Waals surface area contributed by atoms with E-state index in [0.29, 0.717) is 5.92 Å². The summed E-state index contributed by atoms with van der Waals surface area (Å²) in [5.41, 5.74) is 1.04. The van der Waals surface area contributed by atoms with Gasteiger partial charge in [-0.05, 0) is 53.9 Å². The molecule has 4 heteroatoms. The summed E-state index contributed by atoms with van der Waals surface area (Å²) in [6.45, 7) is 2.12. The van der Waals surface area contributed by atoms with Gasteiger partial charge in [0.2, 0.25) is 0 Å². The predicted molar refractivity (Wildman–Crippen MR) is 69.8 cm³/mol. The van der Waals surface area contributed by atoms with Gasteiger partial charge in [0.15, 0.2) is 0 Å². The van der Waals surface area contributed by atoms with Crippen molar-refractivity contribution in [1.29, 1.82) is 0 Å². The van der Waals surface area contributed by atoms with Crippen LogP contribution in [0.5, 0.6) is 0 Å². The molecule has 2 heterocycles. The van der Waals surface area contributed by atoms with E-state index in [-0.39, 0.29) is 0 Å². The van der Waals surface area contributed by atoms with E-state index in [1.807, 2.05) is 6.07 Å². The first-order valence-electron chi connectivity index (χ1n) is 5.33. The van der Waals surface area contributed by atoms with Crippen LogP contribution in [0.1, 0.15) is 29.5 Å². The summed E-state index contributed by atoms with van der Waals surface area (Å²) >= 11 is 5.25. The van der Waals surface area contributed by atoms with E-state index in [1.54, 1.807) is 11.3 Å². The van der Waals surface area contributed by atoms with Crippen LogP contribution in [0, 0.1) is 6.92 Å². The van der Waals surface area contributed by atoms with Gasteiger partial charge in [0, 0.05) is 10.8 Å². The molecular weight excluding hydrogens is 284 g/mol. The molecule has 1 aliphatic rings. The first kappa shape index (κ1) is 10.4. The molecule has 0 amide bonds. The number of aromatic nitrogens is 2. The Labute approximate surface area is 107 Å². The number of rotatable bonds is 2. The first-order chi connectivity index (χ1) is 7.72. The zero-order chi connectivity index (χ0) is 11.1. The fraction of sp³-hybridized carbons (Fsp3) is 0.333. The number of halogens is 1.